The highest BCUT2D eigenvalue weighted by Gasteiger charge is 2.42. The maximum atomic E-state index is 12.3. The number of benzene rings is 2. The Balaban J connectivity index is 1.63. The Morgan fingerprint density at radius 2 is 1.60 bits per heavy atom. The molecule has 2 heteroatoms. The van der Waals surface area contributed by atoms with E-state index >= 15 is 0 Å². The second kappa shape index (κ2) is 6.51. The van der Waals surface area contributed by atoms with Crippen molar-refractivity contribution in [2.24, 2.45) is 5.92 Å². The van der Waals surface area contributed by atoms with Gasteiger partial charge in [-0.2, -0.15) is 0 Å². The van der Waals surface area contributed by atoms with Crippen LogP contribution in [0.1, 0.15) is 60.8 Å². The van der Waals surface area contributed by atoms with Crippen LogP contribution in [0.15, 0.2) is 60.2 Å². The zero-order chi connectivity index (χ0) is 17.4. The van der Waals surface area contributed by atoms with Crippen LogP contribution < -0.4 is 5.32 Å². The van der Waals surface area contributed by atoms with Gasteiger partial charge < -0.3 is 5.32 Å². The highest BCUT2D eigenvalue weighted by Crippen LogP contribution is 2.55. The summed E-state index contributed by atoms with van der Waals surface area (Å²) < 4.78 is 0. The molecule has 128 valence electrons. The molecule has 1 amide bonds. The molecule has 1 atom stereocenters. The molecule has 0 saturated heterocycles. The van der Waals surface area contributed by atoms with Gasteiger partial charge >= 0.3 is 0 Å². The molecular weight excluding hydrogens is 306 g/mol. The molecule has 0 fully saturated rings. The number of hydrogen-bond acceptors (Lipinski definition) is 1. The number of carbonyl (C=O) groups excluding carboxylic acids is 1. The summed E-state index contributed by atoms with van der Waals surface area (Å²) in [6, 6.07) is 17.7. The molecule has 5 rings (SSSR count). The van der Waals surface area contributed by atoms with Crippen molar-refractivity contribution in [3.8, 4) is 0 Å². The molecule has 0 spiro atoms. The molecule has 0 heterocycles. The zero-order valence-electron chi connectivity index (χ0n) is 15.0. The van der Waals surface area contributed by atoms with Crippen LogP contribution in [0.3, 0.4) is 0 Å². The predicted molar refractivity (Wildman–Crippen MR) is 102 cm³/mol. The quantitative estimate of drug-likeness (QED) is 0.804. The smallest absolute Gasteiger partial charge is 0.246 e. The lowest BCUT2D eigenvalue weighted by Crippen LogP contribution is -2.39. The lowest BCUT2D eigenvalue weighted by Gasteiger charge is -2.45. The lowest BCUT2D eigenvalue weighted by atomic mass is 9.59. The molecule has 2 nitrogen and oxygen atoms in total. The summed E-state index contributed by atoms with van der Waals surface area (Å²) in [7, 11) is 0. The molecule has 0 saturated carbocycles. The van der Waals surface area contributed by atoms with E-state index in [1.54, 1.807) is 0 Å². The van der Waals surface area contributed by atoms with Crippen molar-refractivity contribution in [1.29, 1.82) is 0 Å². The Labute approximate surface area is 150 Å². The fraction of sp³-hybridized carbons (Fsp3) is 0.348. The topological polar surface area (TPSA) is 29.1 Å². The molecule has 0 aromatic heterocycles. The number of carbonyl (C=O) groups is 1. The first-order chi connectivity index (χ1) is 12.2. The van der Waals surface area contributed by atoms with E-state index in [0.717, 1.165) is 25.0 Å². The van der Waals surface area contributed by atoms with E-state index in [4.69, 9.17) is 0 Å². The molecule has 0 aliphatic heterocycles. The summed E-state index contributed by atoms with van der Waals surface area (Å²) in [6.07, 6.45) is 4.01. The predicted octanol–water partition coefficient (Wildman–Crippen LogP) is 4.76. The summed E-state index contributed by atoms with van der Waals surface area (Å²) in [4.78, 5) is 12.3. The fourth-order valence-electron chi connectivity index (χ4n) is 4.72. The summed E-state index contributed by atoms with van der Waals surface area (Å²) in [5.41, 5.74) is 6.70. The molecular formula is C23H25NO. The van der Waals surface area contributed by atoms with E-state index in [1.807, 2.05) is 13.0 Å². The van der Waals surface area contributed by atoms with Crippen molar-refractivity contribution >= 4 is 5.91 Å². The third-order valence-corrected chi connectivity index (χ3v) is 5.82. The second-order valence-corrected chi connectivity index (χ2v) is 7.29. The van der Waals surface area contributed by atoms with Crippen LogP contribution in [0.25, 0.3) is 0 Å². The first kappa shape index (κ1) is 16.1. The number of amides is 1. The molecule has 2 aromatic rings. The van der Waals surface area contributed by atoms with Gasteiger partial charge in [-0.05, 0) is 47.9 Å². The molecule has 1 unspecified atom stereocenters. The fourth-order valence-corrected chi connectivity index (χ4v) is 4.72. The Kier molecular flexibility index (Phi) is 4.20. The van der Waals surface area contributed by atoms with Crippen molar-refractivity contribution in [2.45, 2.75) is 38.5 Å². The second-order valence-electron chi connectivity index (χ2n) is 7.29. The summed E-state index contributed by atoms with van der Waals surface area (Å²) in [6.45, 7) is 4.71. The van der Waals surface area contributed by atoms with Crippen LogP contribution >= 0.6 is 0 Å². The van der Waals surface area contributed by atoms with Gasteiger partial charge in [0.05, 0.1) is 0 Å². The summed E-state index contributed by atoms with van der Waals surface area (Å²) >= 11 is 0. The minimum Gasteiger partial charge on any atom is -0.352 e. The van der Waals surface area contributed by atoms with Gasteiger partial charge in [-0.15, -0.1) is 0 Å². The first-order valence-corrected chi connectivity index (χ1v) is 9.33. The van der Waals surface area contributed by atoms with Crippen LogP contribution in [0.4, 0.5) is 0 Å². The van der Waals surface area contributed by atoms with Gasteiger partial charge in [-0.1, -0.05) is 61.5 Å². The highest BCUT2D eigenvalue weighted by molar-refractivity contribution is 5.92. The van der Waals surface area contributed by atoms with Gasteiger partial charge in [-0.25, -0.2) is 0 Å². The first-order valence-electron chi connectivity index (χ1n) is 9.33. The number of allylic oxidation sites excluding steroid dienone is 1. The van der Waals surface area contributed by atoms with Crippen LogP contribution in [0.2, 0.25) is 0 Å². The molecule has 2 aromatic carbocycles. The van der Waals surface area contributed by atoms with E-state index in [-0.39, 0.29) is 5.91 Å². The average Bonchev–Trinajstić information content (AvgIpc) is 2.66. The SMILES string of the molecule is CC/C=C(/C)C(=O)NCC1CC2c3ccccc3C1c1ccccc12. The van der Waals surface area contributed by atoms with Crippen LogP contribution in [-0.2, 0) is 4.79 Å². The Bertz CT molecular complexity index is 788. The molecule has 1 N–H and O–H groups in total. The van der Waals surface area contributed by atoms with Crippen molar-refractivity contribution in [3.05, 3.63) is 82.4 Å². The largest absolute Gasteiger partial charge is 0.352 e. The zero-order valence-corrected chi connectivity index (χ0v) is 15.0. The molecule has 0 radical (unpaired) electrons. The van der Waals surface area contributed by atoms with E-state index in [0.29, 0.717) is 17.8 Å². The molecule has 3 aliphatic rings. The normalized spacial score (nSPS) is 23.8. The number of fused-ring (bicyclic) bond motifs is 1. The van der Waals surface area contributed by atoms with Crippen LogP contribution in [-0.4, -0.2) is 12.5 Å². The monoisotopic (exact) mass is 331 g/mol. The van der Waals surface area contributed by atoms with E-state index in [2.05, 4.69) is 60.8 Å². The van der Waals surface area contributed by atoms with Crippen molar-refractivity contribution in [2.75, 3.05) is 6.54 Å². The van der Waals surface area contributed by atoms with Gasteiger partial charge in [0.15, 0.2) is 0 Å². The Morgan fingerprint density at radius 3 is 2.16 bits per heavy atom. The van der Waals surface area contributed by atoms with Gasteiger partial charge in [0.1, 0.15) is 0 Å². The lowest BCUT2D eigenvalue weighted by molar-refractivity contribution is -0.117. The van der Waals surface area contributed by atoms with Crippen molar-refractivity contribution < 1.29 is 4.79 Å². The van der Waals surface area contributed by atoms with E-state index in [1.165, 1.54) is 22.3 Å². The third kappa shape index (κ3) is 2.70. The Hall–Kier alpha value is -2.35. The minimum absolute atomic E-state index is 0.0740. The van der Waals surface area contributed by atoms with Crippen molar-refractivity contribution in [3.63, 3.8) is 0 Å². The summed E-state index contributed by atoms with van der Waals surface area (Å²) in [5, 5.41) is 3.18. The maximum absolute atomic E-state index is 12.3. The van der Waals surface area contributed by atoms with E-state index < -0.39 is 0 Å². The van der Waals surface area contributed by atoms with Gasteiger partial charge in [0.25, 0.3) is 0 Å². The van der Waals surface area contributed by atoms with E-state index in [9.17, 15) is 4.79 Å². The van der Waals surface area contributed by atoms with Crippen LogP contribution in [0.5, 0.6) is 0 Å². The number of nitrogens with one attached hydrogen (secondary N) is 1. The Morgan fingerprint density at radius 1 is 1.04 bits per heavy atom. The molecule has 2 bridgehead atoms. The van der Waals surface area contributed by atoms with Gasteiger partial charge in [0.2, 0.25) is 5.91 Å². The van der Waals surface area contributed by atoms with Gasteiger partial charge in [0, 0.05) is 24.0 Å². The minimum atomic E-state index is 0.0740. The van der Waals surface area contributed by atoms with Crippen LogP contribution in [0, 0.1) is 5.92 Å². The average molecular weight is 331 g/mol. The standard InChI is InChI=1S/C23H25NO/c1-3-8-15(2)23(25)24-14-16-13-21-17-9-4-6-11-19(17)22(16)20-12-7-5-10-18(20)21/h4-12,16,21-22H,3,13-14H2,1-2H3,(H,24,25)/b15-8-. The number of hydrogen-bond donors (Lipinski definition) is 1. The highest BCUT2D eigenvalue weighted by atomic mass is 16.1. The summed E-state index contributed by atoms with van der Waals surface area (Å²) in [5.74, 6) is 1.40. The third-order valence-electron chi connectivity index (χ3n) is 5.82. The van der Waals surface area contributed by atoms with Gasteiger partial charge in [-0.3, -0.25) is 4.79 Å². The van der Waals surface area contributed by atoms with Crippen molar-refractivity contribution in [1.82, 2.24) is 5.32 Å². The number of rotatable bonds is 4. The maximum Gasteiger partial charge on any atom is 0.246 e. The molecule has 25 heavy (non-hydrogen) atoms. The molecule has 3 aliphatic carbocycles.